The first-order chi connectivity index (χ1) is 12.3. The monoisotopic (exact) mass is 365 g/mol. The van der Waals surface area contributed by atoms with Crippen LogP contribution in [0.3, 0.4) is 0 Å². The van der Waals surface area contributed by atoms with Crippen molar-refractivity contribution in [1.29, 1.82) is 0 Å². The number of pyridine rings is 1. The van der Waals surface area contributed by atoms with Crippen molar-refractivity contribution in [3.63, 3.8) is 0 Å². The first-order valence-corrected chi connectivity index (χ1v) is 8.58. The molecule has 0 fully saturated rings. The van der Waals surface area contributed by atoms with E-state index in [1.165, 1.54) is 5.56 Å². The van der Waals surface area contributed by atoms with E-state index in [9.17, 15) is 4.79 Å². The second-order valence-electron chi connectivity index (χ2n) is 6.23. The third-order valence-electron chi connectivity index (χ3n) is 4.67. The molecule has 0 bridgehead atoms. The van der Waals surface area contributed by atoms with Gasteiger partial charge in [-0.15, -0.1) is 12.4 Å². The summed E-state index contributed by atoms with van der Waals surface area (Å²) in [5, 5.41) is 0. The fraction of sp³-hybridized carbons (Fsp3) is 0.182. The third-order valence-corrected chi connectivity index (χ3v) is 4.67. The number of esters is 1. The van der Waals surface area contributed by atoms with Crippen LogP contribution >= 0.6 is 12.4 Å². The standard InChI is InChI=1S/C22H19NO2.ClH/c24-22(25-15-5-6-16-11-13-23-14-12-16)21-19-9-3-1-7-17(19)18-8-2-4-10-20(18)21;/h1-4,7-14,21H,5-6,15H2;1H. The van der Waals surface area contributed by atoms with Gasteiger partial charge in [-0.3, -0.25) is 9.78 Å². The number of fused-ring (bicyclic) bond motifs is 3. The molecule has 2 aromatic carbocycles. The average molecular weight is 366 g/mol. The molecule has 0 saturated carbocycles. The van der Waals surface area contributed by atoms with Gasteiger partial charge in [0, 0.05) is 12.4 Å². The van der Waals surface area contributed by atoms with Gasteiger partial charge in [-0.1, -0.05) is 48.5 Å². The maximum Gasteiger partial charge on any atom is 0.317 e. The summed E-state index contributed by atoms with van der Waals surface area (Å²) >= 11 is 0. The number of carbonyl (C=O) groups is 1. The largest absolute Gasteiger partial charge is 0.465 e. The van der Waals surface area contributed by atoms with E-state index >= 15 is 0 Å². The number of hydrogen-bond acceptors (Lipinski definition) is 3. The van der Waals surface area contributed by atoms with Crippen LogP contribution in [0.25, 0.3) is 11.1 Å². The molecule has 3 nitrogen and oxygen atoms in total. The second kappa shape index (κ2) is 8.15. The van der Waals surface area contributed by atoms with E-state index in [4.69, 9.17) is 4.74 Å². The number of carbonyl (C=O) groups excluding carboxylic acids is 1. The Hall–Kier alpha value is -2.65. The van der Waals surface area contributed by atoms with E-state index in [2.05, 4.69) is 17.1 Å². The Bertz CT molecular complexity index is 850. The van der Waals surface area contributed by atoms with Gasteiger partial charge < -0.3 is 4.74 Å². The smallest absolute Gasteiger partial charge is 0.317 e. The van der Waals surface area contributed by atoms with Crippen LogP contribution in [0.2, 0.25) is 0 Å². The van der Waals surface area contributed by atoms with Crippen LogP contribution in [0.15, 0.2) is 73.1 Å². The van der Waals surface area contributed by atoms with Gasteiger partial charge >= 0.3 is 5.97 Å². The van der Waals surface area contributed by atoms with Crippen molar-refractivity contribution in [1.82, 2.24) is 4.98 Å². The number of rotatable bonds is 5. The molecule has 0 saturated heterocycles. The van der Waals surface area contributed by atoms with Crippen molar-refractivity contribution in [3.8, 4) is 11.1 Å². The number of nitrogens with zero attached hydrogens (tertiary/aromatic N) is 1. The molecule has 1 aliphatic carbocycles. The van der Waals surface area contributed by atoms with Crippen LogP contribution in [0.1, 0.15) is 29.0 Å². The number of aryl methyl sites for hydroxylation is 1. The number of aromatic nitrogens is 1. The summed E-state index contributed by atoms with van der Waals surface area (Å²) in [7, 11) is 0. The molecule has 0 amide bonds. The highest BCUT2D eigenvalue weighted by Crippen LogP contribution is 2.44. The first-order valence-electron chi connectivity index (χ1n) is 8.58. The SMILES string of the molecule is Cl.O=C(OCCCc1ccncc1)C1c2ccccc2-c2ccccc21. The molecule has 0 radical (unpaired) electrons. The molecule has 0 atom stereocenters. The lowest BCUT2D eigenvalue weighted by Crippen LogP contribution is -2.16. The molecule has 0 aliphatic heterocycles. The van der Waals surface area contributed by atoms with Crippen LogP contribution in [0.5, 0.6) is 0 Å². The minimum absolute atomic E-state index is 0. The Morgan fingerprint density at radius 1 is 0.885 bits per heavy atom. The van der Waals surface area contributed by atoms with Gasteiger partial charge in [0.15, 0.2) is 0 Å². The van der Waals surface area contributed by atoms with Gasteiger partial charge in [0.1, 0.15) is 5.92 Å². The highest BCUT2D eigenvalue weighted by molar-refractivity contribution is 5.93. The number of halogens is 1. The van der Waals surface area contributed by atoms with Crippen LogP contribution < -0.4 is 0 Å². The molecule has 26 heavy (non-hydrogen) atoms. The zero-order valence-electron chi connectivity index (χ0n) is 14.3. The van der Waals surface area contributed by atoms with E-state index in [0.29, 0.717) is 6.61 Å². The van der Waals surface area contributed by atoms with Gasteiger partial charge in [-0.05, 0) is 52.8 Å². The zero-order valence-corrected chi connectivity index (χ0v) is 15.1. The zero-order chi connectivity index (χ0) is 17.1. The molecule has 1 aromatic heterocycles. The van der Waals surface area contributed by atoms with Crippen molar-refractivity contribution in [3.05, 3.63) is 89.7 Å². The molecule has 0 spiro atoms. The predicted molar refractivity (Wildman–Crippen MR) is 104 cm³/mol. The highest BCUT2D eigenvalue weighted by Gasteiger charge is 2.34. The Morgan fingerprint density at radius 3 is 2.08 bits per heavy atom. The Morgan fingerprint density at radius 2 is 1.46 bits per heavy atom. The molecule has 0 unspecified atom stereocenters. The van der Waals surface area contributed by atoms with Crippen LogP contribution in [0.4, 0.5) is 0 Å². The quantitative estimate of drug-likeness (QED) is 0.482. The van der Waals surface area contributed by atoms with Crippen LogP contribution in [0, 0.1) is 0 Å². The summed E-state index contributed by atoms with van der Waals surface area (Å²) in [6, 6.07) is 20.2. The van der Waals surface area contributed by atoms with Gasteiger partial charge in [0.2, 0.25) is 0 Å². The van der Waals surface area contributed by atoms with Gasteiger partial charge in [-0.25, -0.2) is 0 Å². The van der Waals surface area contributed by atoms with Crippen molar-refractivity contribution < 1.29 is 9.53 Å². The molecular weight excluding hydrogens is 346 g/mol. The van der Waals surface area contributed by atoms with Crippen molar-refractivity contribution >= 4 is 18.4 Å². The lowest BCUT2D eigenvalue weighted by atomic mass is 9.97. The lowest BCUT2D eigenvalue weighted by molar-refractivity contribution is -0.144. The molecule has 1 heterocycles. The third kappa shape index (κ3) is 3.49. The van der Waals surface area contributed by atoms with Crippen molar-refractivity contribution in [2.24, 2.45) is 0 Å². The highest BCUT2D eigenvalue weighted by atomic mass is 35.5. The first kappa shape index (κ1) is 18.2. The molecular formula is C22H20ClNO2. The number of ether oxygens (including phenoxy) is 1. The van der Waals surface area contributed by atoms with Crippen molar-refractivity contribution in [2.75, 3.05) is 6.61 Å². The summed E-state index contributed by atoms with van der Waals surface area (Å²) in [6.07, 6.45) is 5.26. The summed E-state index contributed by atoms with van der Waals surface area (Å²) in [4.78, 5) is 16.8. The van der Waals surface area contributed by atoms with Gasteiger partial charge in [0.25, 0.3) is 0 Å². The summed E-state index contributed by atoms with van der Waals surface area (Å²) in [5.41, 5.74) is 5.57. The lowest BCUT2D eigenvalue weighted by Gasteiger charge is -2.13. The molecule has 4 heteroatoms. The number of hydrogen-bond donors (Lipinski definition) is 0. The van der Waals surface area contributed by atoms with Crippen LogP contribution in [-0.4, -0.2) is 17.6 Å². The van der Waals surface area contributed by atoms with E-state index in [1.807, 2.05) is 48.5 Å². The normalized spacial score (nSPS) is 12.0. The minimum atomic E-state index is -0.312. The maximum atomic E-state index is 12.7. The molecule has 1 aliphatic rings. The molecule has 132 valence electrons. The van der Waals surface area contributed by atoms with E-state index in [-0.39, 0.29) is 24.3 Å². The van der Waals surface area contributed by atoms with E-state index in [1.54, 1.807) is 12.4 Å². The average Bonchev–Trinajstić information content (AvgIpc) is 3.01. The fourth-order valence-corrected chi connectivity index (χ4v) is 3.49. The fourth-order valence-electron chi connectivity index (χ4n) is 3.49. The maximum absolute atomic E-state index is 12.7. The molecule has 3 aromatic rings. The number of benzene rings is 2. The van der Waals surface area contributed by atoms with Gasteiger partial charge in [0.05, 0.1) is 6.61 Å². The molecule has 4 rings (SSSR count). The Labute approximate surface area is 159 Å². The summed E-state index contributed by atoms with van der Waals surface area (Å²) < 4.78 is 5.61. The van der Waals surface area contributed by atoms with Crippen LogP contribution in [-0.2, 0) is 16.0 Å². The van der Waals surface area contributed by atoms with E-state index in [0.717, 1.165) is 35.1 Å². The summed E-state index contributed by atoms with van der Waals surface area (Å²) in [5.74, 6) is -0.472. The van der Waals surface area contributed by atoms with Crippen molar-refractivity contribution in [2.45, 2.75) is 18.8 Å². The Balaban J connectivity index is 0.00000196. The predicted octanol–water partition coefficient (Wildman–Crippen LogP) is 4.79. The minimum Gasteiger partial charge on any atom is -0.465 e. The second-order valence-corrected chi connectivity index (χ2v) is 6.23. The van der Waals surface area contributed by atoms with Gasteiger partial charge in [-0.2, -0.15) is 0 Å². The topological polar surface area (TPSA) is 39.2 Å². The Kier molecular flexibility index (Phi) is 5.69. The van der Waals surface area contributed by atoms with E-state index < -0.39 is 0 Å². The summed E-state index contributed by atoms with van der Waals surface area (Å²) in [6.45, 7) is 0.433. The molecule has 0 N–H and O–H groups in total.